The van der Waals surface area contributed by atoms with Gasteiger partial charge in [-0.2, -0.15) is 0 Å². The van der Waals surface area contributed by atoms with E-state index in [9.17, 15) is 0 Å². The van der Waals surface area contributed by atoms with E-state index in [2.05, 4.69) is 45.3 Å². The van der Waals surface area contributed by atoms with Gasteiger partial charge in [-0.1, -0.05) is 29.8 Å². The lowest BCUT2D eigenvalue weighted by molar-refractivity contribution is 0.140. The number of piperidine rings is 1. The summed E-state index contributed by atoms with van der Waals surface area (Å²) in [7, 11) is 0. The lowest BCUT2D eigenvalue weighted by Gasteiger charge is -2.34. The molecule has 0 bridgehead atoms. The molecule has 0 saturated carbocycles. The third kappa shape index (κ3) is 6.23. The Balaban J connectivity index is 1.62. The molecule has 0 radical (unpaired) electrons. The fourth-order valence-corrected chi connectivity index (χ4v) is 3.67. The molecule has 1 fully saturated rings. The van der Waals surface area contributed by atoms with Crippen molar-refractivity contribution in [2.45, 2.75) is 26.7 Å². The summed E-state index contributed by atoms with van der Waals surface area (Å²) in [6.07, 6.45) is 2.50. The van der Waals surface area contributed by atoms with Crippen molar-refractivity contribution in [1.82, 2.24) is 10.2 Å². The highest BCUT2D eigenvalue weighted by Gasteiger charge is 2.20. The highest BCUT2D eigenvalue weighted by atomic mass is 79.9. The van der Waals surface area contributed by atoms with E-state index in [1.165, 1.54) is 19.5 Å². The maximum atomic E-state index is 5.33. The summed E-state index contributed by atoms with van der Waals surface area (Å²) in [5.41, 5.74) is 1.01. The van der Waals surface area contributed by atoms with Crippen molar-refractivity contribution in [1.29, 1.82) is 0 Å². The van der Waals surface area contributed by atoms with Crippen LogP contribution in [0, 0.1) is 11.8 Å². The van der Waals surface area contributed by atoms with E-state index in [1.54, 1.807) is 0 Å². The Hall–Kier alpha value is -0.650. The number of hydrogen-bond donors (Lipinski definition) is 2. The number of nitrogens with one attached hydrogen (secondary N) is 2. The molecule has 0 amide bonds. The Bertz CT molecular complexity index is 467. The smallest absolute Gasteiger partial charge is 0.170 e. The molecule has 1 aromatic rings. The predicted octanol–water partition coefficient (Wildman–Crippen LogP) is 4.10. The van der Waals surface area contributed by atoms with Gasteiger partial charge in [0.1, 0.15) is 0 Å². The van der Waals surface area contributed by atoms with Crippen LogP contribution in [0.2, 0.25) is 0 Å². The zero-order valence-electron chi connectivity index (χ0n) is 13.4. The van der Waals surface area contributed by atoms with Gasteiger partial charge in [0.15, 0.2) is 5.11 Å². The molecule has 5 heteroatoms. The van der Waals surface area contributed by atoms with Crippen LogP contribution < -0.4 is 10.6 Å². The average molecular weight is 384 g/mol. The standard InChI is InChI=1S/C17H26BrN3S/c1-13-10-14(2)12-21(11-13)9-3-8-19-17(22)20-16-6-4-15(18)5-7-16/h4-7,13-14H,3,8-12H2,1-2H3,(H2,19,20,22). The second kappa shape index (κ2) is 8.85. The zero-order valence-corrected chi connectivity index (χ0v) is 15.8. The highest BCUT2D eigenvalue weighted by Crippen LogP contribution is 2.20. The number of benzene rings is 1. The summed E-state index contributed by atoms with van der Waals surface area (Å²) in [5, 5.41) is 7.19. The number of nitrogens with zero attached hydrogens (tertiary/aromatic N) is 1. The van der Waals surface area contributed by atoms with Gasteiger partial charge in [-0.3, -0.25) is 0 Å². The molecule has 1 aromatic carbocycles. The molecule has 3 nitrogen and oxygen atoms in total. The minimum absolute atomic E-state index is 0.697. The van der Waals surface area contributed by atoms with E-state index in [4.69, 9.17) is 12.2 Å². The van der Waals surface area contributed by atoms with Crippen LogP contribution in [0.1, 0.15) is 26.7 Å². The first kappa shape index (κ1) is 17.7. The molecule has 2 atom stereocenters. The Labute approximate surface area is 148 Å². The molecule has 0 aromatic heterocycles. The number of halogens is 1. The molecular formula is C17H26BrN3S. The number of rotatable bonds is 5. The van der Waals surface area contributed by atoms with Gasteiger partial charge < -0.3 is 15.5 Å². The van der Waals surface area contributed by atoms with E-state index in [0.29, 0.717) is 5.11 Å². The quantitative estimate of drug-likeness (QED) is 0.590. The van der Waals surface area contributed by atoms with Gasteiger partial charge in [0, 0.05) is 29.8 Å². The second-order valence-corrected chi connectivity index (χ2v) is 7.77. The Kier molecular flexibility index (Phi) is 7.12. The lowest BCUT2D eigenvalue weighted by atomic mass is 9.92. The minimum Gasteiger partial charge on any atom is -0.362 e. The molecule has 2 rings (SSSR count). The first-order valence-corrected chi connectivity index (χ1v) is 9.26. The number of thiocarbonyl (C=S) groups is 1. The molecule has 22 heavy (non-hydrogen) atoms. The Morgan fingerprint density at radius 1 is 1.23 bits per heavy atom. The van der Waals surface area contributed by atoms with E-state index >= 15 is 0 Å². The van der Waals surface area contributed by atoms with Crippen LogP contribution in [-0.2, 0) is 0 Å². The molecule has 1 aliphatic heterocycles. The summed E-state index contributed by atoms with van der Waals surface area (Å²) in [6, 6.07) is 8.02. The first-order valence-electron chi connectivity index (χ1n) is 8.05. The maximum absolute atomic E-state index is 5.33. The SMILES string of the molecule is CC1CC(C)CN(CCCNC(=S)Nc2ccc(Br)cc2)C1. The Morgan fingerprint density at radius 2 is 1.86 bits per heavy atom. The summed E-state index contributed by atoms with van der Waals surface area (Å²) < 4.78 is 1.07. The molecule has 2 N–H and O–H groups in total. The lowest BCUT2D eigenvalue weighted by Crippen LogP contribution is -2.40. The van der Waals surface area contributed by atoms with Crippen LogP contribution in [0.3, 0.4) is 0 Å². The van der Waals surface area contributed by atoms with Crippen LogP contribution in [0.4, 0.5) is 5.69 Å². The van der Waals surface area contributed by atoms with Crippen LogP contribution in [0.5, 0.6) is 0 Å². The topological polar surface area (TPSA) is 27.3 Å². The van der Waals surface area contributed by atoms with Gasteiger partial charge in [-0.15, -0.1) is 0 Å². The van der Waals surface area contributed by atoms with E-state index in [-0.39, 0.29) is 0 Å². The van der Waals surface area contributed by atoms with Crippen molar-refractivity contribution in [2.75, 3.05) is 31.5 Å². The van der Waals surface area contributed by atoms with Gasteiger partial charge >= 0.3 is 0 Å². The van der Waals surface area contributed by atoms with Crippen LogP contribution in [-0.4, -0.2) is 36.2 Å². The third-order valence-electron chi connectivity index (χ3n) is 3.98. The molecule has 1 heterocycles. The van der Waals surface area contributed by atoms with Gasteiger partial charge in [0.25, 0.3) is 0 Å². The van der Waals surface area contributed by atoms with Crippen LogP contribution >= 0.6 is 28.1 Å². The third-order valence-corrected chi connectivity index (χ3v) is 4.76. The summed E-state index contributed by atoms with van der Waals surface area (Å²) in [4.78, 5) is 2.59. The van der Waals surface area contributed by atoms with Gasteiger partial charge in [0.05, 0.1) is 0 Å². The monoisotopic (exact) mass is 383 g/mol. The summed E-state index contributed by atoms with van der Waals surface area (Å²) >= 11 is 8.76. The maximum Gasteiger partial charge on any atom is 0.170 e. The Morgan fingerprint density at radius 3 is 2.50 bits per heavy atom. The van der Waals surface area contributed by atoms with Crippen molar-refractivity contribution in [2.24, 2.45) is 11.8 Å². The zero-order chi connectivity index (χ0) is 15.9. The molecule has 1 aliphatic rings. The van der Waals surface area contributed by atoms with E-state index in [0.717, 1.165) is 41.5 Å². The van der Waals surface area contributed by atoms with Crippen molar-refractivity contribution < 1.29 is 0 Å². The fourth-order valence-electron chi connectivity index (χ4n) is 3.19. The molecule has 2 unspecified atom stereocenters. The molecule has 1 saturated heterocycles. The van der Waals surface area contributed by atoms with Crippen LogP contribution in [0.15, 0.2) is 28.7 Å². The van der Waals surface area contributed by atoms with Crippen molar-refractivity contribution >= 4 is 38.9 Å². The van der Waals surface area contributed by atoms with E-state index < -0.39 is 0 Å². The summed E-state index contributed by atoms with van der Waals surface area (Å²) in [6.45, 7) is 9.28. The number of anilines is 1. The average Bonchev–Trinajstić information content (AvgIpc) is 2.45. The largest absolute Gasteiger partial charge is 0.362 e. The fraction of sp³-hybridized carbons (Fsp3) is 0.588. The predicted molar refractivity (Wildman–Crippen MR) is 102 cm³/mol. The van der Waals surface area contributed by atoms with Crippen LogP contribution in [0.25, 0.3) is 0 Å². The number of hydrogen-bond acceptors (Lipinski definition) is 2. The van der Waals surface area contributed by atoms with Crippen molar-refractivity contribution in [3.05, 3.63) is 28.7 Å². The molecular weight excluding hydrogens is 358 g/mol. The van der Waals surface area contributed by atoms with Gasteiger partial charge in [0.2, 0.25) is 0 Å². The molecule has 0 aliphatic carbocycles. The van der Waals surface area contributed by atoms with Gasteiger partial charge in [-0.25, -0.2) is 0 Å². The summed E-state index contributed by atoms with van der Waals surface area (Å²) in [5.74, 6) is 1.66. The van der Waals surface area contributed by atoms with Crippen molar-refractivity contribution in [3.63, 3.8) is 0 Å². The second-order valence-electron chi connectivity index (χ2n) is 6.45. The molecule has 0 spiro atoms. The van der Waals surface area contributed by atoms with E-state index in [1.807, 2.05) is 24.3 Å². The molecule has 122 valence electrons. The normalized spacial score (nSPS) is 22.3. The van der Waals surface area contributed by atoms with Gasteiger partial charge in [-0.05, 0) is 67.7 Å². The van der Waals surface area contributed by atoms with Crippen molar-refractivity contribution in [3.8, 4) is 0 Å². The first-order chi connectivity index (χ1) is 10.5. The highest BCUT2D eigenvalue weighted by molar-refractivity contribution is 9.10. The number of likely N-dealkylation sites (tertiary alicyclic amines) is 1. The minimum atomic E-state index is 0.697.